The fourth-order valence-corrected chi connectivity index (χ4v) is 4.48. The molecule has 0 aromatic carbocycles. The number of nitrogens with zero attached hydrogens (tertiary/aromatic N) is 3. The Hall–Kier alpha value is -2.64. The van der Waals surface area contributed by atoms with E-state index in [2.05, 4.69) is 33.5 Å². The highest BCUT2D eigenvalue weighted by molar-refractivity contribution is 6.07. The highest BCUT2D eigenvalue weighted by atomic mass is 16.2. The lowest BCUT2D eigenvalue weighted by Gasteiger charge is -2.41. The lowest BCUT2D eigenvalue weighted by Crippen LogP contribution is -2.54. The minimum atomic E-state index is -0.895. The van der Waals surface area contributed by atoms with Crippen molar-refractivity contribution in [3.05, 3.63) is 24.0 Å². The van der Waals surface area contributed by atoms with E-state index in [0.29, 0.717) is 19.5 Å². The van der Waals surface area contributed by atoms with Gasteiger partial charge in [-0.1, -0.05) is 0 Å². The van der Waals surface area contributed by atoms with Crippen molar-refractivity contribution in [2.24, 2.45) is 5.92 Å². The smallest absolute Gasteiger partial charge is 0.322 e. The van der Waals surface area contributed by atoms with Crippen molar-refractivity contribution >= 4 is 23.5 Å². The molecule has 2 aliphatic heterocycles. The van der Waals surface area contributed by atoms with Gasteiger partial charge in [-0.3, -0.25) is 19.9 Å². The van der Waals surface area contributed by atoms with E-state index >= 15 is 0 Å². The number of urea groups is 1. The molecule has 8 nitrogen and oxygen atoms in total. The Morgan fingerprint density at radius 1 is 1.29 bits per heavy atom. The minimum absolute atomic E-state index is 0.0443. The van der Waals surface area contributed by atoms with E-state index in [0.717, 1.165) is 30.6 Å². The molecule has 3 aliphatic rings. The first-order valence-electron chi connectivity index (χ1n) is 9.99. The van der Waals surface area contributed by atoms with Gasteiger partial charge in [0.15, 0.2) is 0 Å². The van der Waals surface area contributed by atoms with Crippen molar-refractivity contribution < 1.29 is 14.4 Å². The second-order valence-corrected chi connectivity index (χ2v) is 8.26. The summed E-state index contributed by atoms with van der Waals surface area (Å²) in [7, 11) is 0. The molecule has 1 aliphatic carbocycles. The second kappa shape index (κ2) is 7.07. The Morgan fingerprint density at radius 3 is 2.68 bits per heavy atom. The standard InChI is InChI=1S/C20H27N5O3/c1-13-9-16(11-21-10-13)25-8-7-24(12-14(25)2)17(26)5-6-20(15-3-4-15)18(27)22-19(28)23-20/h9-11,14-15H,3-8,12H2,1-2H3,(H2,22,23,27,28)/t14-,20?/m0/s1. The van der Waals surface area contributed by atoms with Crippen molar-refractivity contribution in [1.29, 1.82) is 0 Å². The zero-order chi connectivity index (χ0) is 19.9. The topological polar surface area (TPSA) is 94.6 Å². The van der Waals surface area contributed by atoms with Gasteiger partial charge in [-0.05, 0) is 50.7 Å². The molecule has 0 bridgehead atoms. The van der Waals surface area contributed by atoms with Crippen molar-refractivity contribution in [1.82, 2.24) is 20.5 Å². The summed E-state index contributed by atoms with van der Waals surface area (Å²) in [5.41, 5.74) is 1.30. The molecule has 2 saturated heterocycles. The van der Waals surface area contributed by atoms with Gasteiger partial charge in [0.1, 0.15) is 5.54 Å². The number of piperazine rings is 1. The van der Waals surface area contributed by atoms with Crippen LogP contribution >= 0.6 is 0 Å². The molecule has 1 unspecified atom stereocenters. The van der Waals surface area contributed by atoms with Crippen LogP contribution in [0.25, 0.3) is 0 Å². The monoisotopic (exact) mass is 385 g/mol. The fraction of sp³-hybridized carbons (Fsp3) is 0.600. The molecular formula is C20H27N5O3. The molecule has 4 amide bonds. The summed E-state index contributed by atoms with van der Waals surface area (Å²) in [5, 5.41) is 5.14. The lowest BCUT2D eigenvalue weighted by atomic mass is 9.87. The van der Waals surface area contributed by atoms with Gasteiger partial charge in [-0.15, -0.1) is 0 Å². The van der Waals surface area contributed by atoms with E-state index in [4.69, 9.17) is 0 Å². The highest BCUT2D eigenvalue weighted by Crippen LogP contribution is 2.43. The average molecular weight is 385 g/mol. The molecule has 0 radical (unpaired) electrons. The van der Waals surface area contributed by atoms with Crippen LogP contribution in [-0.2, 0) is 9.59 Å². The first-order valence-corrected chi connectivity index (χ1v) is 9.99. The third-order valence-corrected chi connectivity index (χ3v) is 6.15. The summed E-state index contributed by atoms with van der Waals surface area (Å²) in [4.78, 5) is 45.2. The predicted molar refractivity (Wildman–Crippen MR) is 104 cm³/mol. The average Bonchev–Trinajstić information content (AvgIpc) is 3.46. The Morgan fingerprint density at radius 2 is 2.07 bits per heavy atom. The largest absolute Gasteiger partial charge is 0.364 e. The summed E-state index contributed by atoms with van der Waals surface area (Å²) in [6.07, 6.45) is 6.17. The molecule has 3 heterocycles. The Bertz CT molecular complexity index is 809. The maximum atomic E-state index is 12.8. The molecule has 1 aromatic heterocycles. The van der Waals surface area contributed by atoms with Crippen LogP contribution in [0.1, 0.15) is 38.2 Å². The molecule has 1 aromatic rings. The first kappa shape index (κ1) is 18.7. The Balaban J connectivity index is 1.36. The molecule has 150 valence electrons. The number of hydrogen-bond acceptors (Lipinski definition) is 5. The molecular weight excluding hydrogens is 358 g/mol. The molecule has 3 fully saturated rings. The molecule has 28 heavy (non-hydrogen) atoms. The molecule has 4 rings (SSSR count). The minimum Gasteiger partial charge on any atom is -0.364 e. The van der Waals surface area contributed by atoms with Gasteiger partial charge in [0.2, 0.25) is 5.91 Å². The SMILES string of the molecule is Cc1cncc(N2CCN(C(=O)CCC3(C4CC4)NC(=O)NC3=O)C[C@@H]2C)c1. The van der Waals surface area contributed by atoms with E-state index in [-0.39, 0.29) is 30.2 Å². The third kappa shape index (κ3) is 3.43. The van der Waals surface area contributed by atoms with Crippen LogP contribution in [-0.4, -0.2) is 58.9 Å². The molecule has 2 N–H and O–H groups in total. The van der Waals surface area contributed by atoms with Crippen LogP contribution in [0.5, 0.6) is 0 Å². The number of amides is 4. The Kier molecular flexibility index (Phi) is 4.72. The number of carbonyl (C=O) groups is 3. The van der Waals surface area contributed by atoms with Crippen LogP contribution in [0.2, 0.25) is 0 Å². The second-order valence-electron chi connectivity index (χ2n) is 8.26. The van der Waals surface area contributed by atoms with Gasteiger partial charge in [-0.25, -0.2) is 4.79 Å². The number of pyridine rings is 1. The third-order valence-electron chi connectivity index (χ3n) is 6.15. The van der Waals surface area contributed by atoms with Gasteiger partial charge in [0, 0.05) is 38.3 Å². The summed E-state index contributed by atoms with van der Waals surface area (Å²) in [6.45, 7) is 6.17. The molecule has 1 saturated carbocycles. The predicted octanol–water partition coefficient (Wildman–Crippen LogP) is 1.20. The van der Waals surface area contributed by atoms with Crippen molar-refractivity contribution in [2.75, 3.05) is 24.5 Å². The van der Waals surface area contributed by atoms with Crippen LogP contribution < -0.4 is 15.5 Å². The normalized spacial score (nSPS) is 27.6. The van der Waals surface area contributed by atoms with Crippen LogP contribution in [0, 0.1) is 12.8 Å². The number of anilines is 1. The maximum Gasteiger partial charge on any atom is 0.322 e. The summed E-state index contributed by atoms with van der Waals surface area (Å²) in [5.74, 6) is -0.0860. The molecule has 8 heteroatoms. The fourth-order valence-electron chi connectivity index (χ4n) is 4.48. The number of aromatic nitrogens is 1. The number of imide groups is 1. The summed E-state index contributed by atoms with van der Waals surface area (Å²) in [6, 6.07) is 1.86. The lowest BCUT2D eigenvalue weighted by molar-refractivity contribution is -0.133. The molecule has 0 spiro atoms. The maximum absolute atomic E-state index is 12.8. The quantitative estimate of drug-likeness (QED) is 0.743. The molecule has 2 atom stereocenters. The van der Waals surface area contributed by atoms with Gasteiger partial charge < -0.3 is 15.1 Å². The van der Waals surface area contributed by atoms with Crippen molar-refractivity contribution in [2.45, 2.75) is 51.1 Å². The van der Waals surface area contributed by atoms with Crippen LogP contribution in [0.15, 0.2) is 18.5 Å². The number of hydrogen-bond donors (Lipinski definition) is 2. The van der Waals surface area contributed by atoms with Crippen molar-refractivity contribution in [3.63, 3.8) is 0 Å². The van der Waals surface area contributed by atoms with E-state index in [1.807, 2.05) is 24.2 Å². The van der Waals surface area contributed by atoms with E-state index in [1.54, 1.807) is 0 Å². The zero-order valence-corrected chi connectivity index (χ0v) is 16.4. The first-order chi connectivity index (χ1) is 13.4. The van der Waals surface area contributed by atoms with Crippen LogP contribution in [0.3, 0.4) is 0 Å². The number of rotatable bonds is 5. The Labute approximate surface area is 164 Å². The zero-order valence-electron chi connectivity index (χ0n) is 16.4. The van der Waals surface area contributed by atoms with E-state index in [9.17, 15) is 14.4 Å². The number of carbonyl (C=O) groups excluding carboxylic acids is 3. The van der Waals surface area contributed by atoms with Gasteiger partial charge in [0.05, 0.1) is 11.9 Å². The number of aryl methyl sites for hydroxylation is 1. The van der Waals surface area contributed by atoms with E-state index < -0.39 is 11.6 Å². The van der Waals surface area contributed by atoms with E-state index in [1.165, 1.54) is 0 Å². The van der Waals surface area contributed by atoms with Gasteiger partial charge >= 0.3 is 6.03 Å². The van der Waals surface area contributed by atoms with Gasteiger partial charge in [-0.2, -0.15) is 0 Å². The van der Waals surface area contributed by atoms with Gasteiger partial charge in [0.25, 0.3) is 5.91 Å². The summed E-state index contributed by atoms with van der Waals surface area (Å²) < 4.78 is 0. The highest BCUT2D eigenvalue weighted by Gasteiger charge is 2.55. The van der Waals surface area contributed by atoms with Crippen LogP contribution in [0.4, 0.5) is 10.5 Å². The summed E-state index contributed by atoms with van der Waals surface area (Å²) >= 11 is 0. The number of nitrogens with one attached hydrogen (secondary N) is 2. The van der Waals surface area contributed by atoms with Crippen molar-refractivity contribution in [3.8, 4) is 0 Å².